The zero-order chi connectivity index (χ0) is 13.1. The first-order valence-electron chi connectivity index (χ1n) is 6.37. The molecule has 0 spiro atoms. The van der Waals surface area contributed by atoms with E-state index < -0.39 is 0 Å². The number of anilines is 1. The molecule has 0 radical (unpaired) electrons. The molecule has 0 bridgehead atoms. The van der Waals surface area contributed by atoms with Gasteiger partial charge in [0.25, 0.3) is 0 Å². The molecular weight excluding hydrogens is 256 g/mol. The minimum Gasteiger partial charge on any atom is -0.383 e. The summed E-state index contributed by atoms with van der Waals surface area (Å²) >= 11 is 6.26. The third-order valence-electron chi connectivity index (χ3n) is 3.19. The summed E-state index contributed by atoms with van der Waals surface area (Å²) in [6.45, 7) is 1.77. The smallest absolute Gasteiger partial charge is 0.0670 e. The van der Waals surface area contributed by atoms with Crippen LogP contribution in [0, 0.1) is 0 Å². The Hall–Kier alpha value is -1.93. The van der Waals surface area contributed by atoms with Crippen molar-refractivity contribution in [3.63, 3.8) is 0 Å². The van der Waals surface area contributed by atoms with Gasteiger partial charge in [-0.3, -0.25) is 0 Å². The van der Waals surface area contributed by atoms with Crippen LogP contribution in [0.4, 0.5) is 5.69 Å². The van der Waals surface area contributed by atoms with Gasteiger partial charge in [-0.1, -0.05) is 41.9 Å². The second-order valence-electron chi connectivity index (χ2n) is 4.48. The van der Waals surface area contributed by atoms with E-state index >= 15 is 0 Å². The van der Waals surface area contributed by atoms with Gasteiger partial charge < -0.3 is 9.88 Å². The summed E-state index contributed by atoms with van der Waals surface area (Å²) in [5.41, 5.74) is 2.25. The van der Waals surface area contributed by atoms with Gasteiger partial charge in [0.1, 0.15) is 0 Å². The molecule has 19 heavy (non-hydrogen) atoms. The van der Waals surface area contributed by atoms with Crippen LogP contribution in [-0.2, 0) is 6.54 Å². The quantitative estimate of drug-likeness (QED) is 0.743. The van der Waals surface area contributed by atoms with E-state index in [2.05, 4.69) is 40.3 Å². The molecule has 3 rings (SSSR count). The van der Waals surface area contributed by atoms with E-state index in [0.29, 0.717) is 0 Å². The van der Waals surface area contributed by atoms with Gasteiger partial charge in [0.15, 0.2) is 0 Å². The summed E-state index contributed by atoms with van der Waals surface area (Å²) < 4.78 is 2.19. The van der Waals surface area contributed by atoms with E-state index in [0.717, 1.165) is 29.3 Å². The Kier molecular flexibility index (Phi) is 3.43. The molecule has 2 nitrogen and oxygen atoms in total. The molecule has 0 aliphatic carbocycles. The van der Waals surface area contributed by atoms with Crippen LogP contribution < -0.4 is 5.32 Å². The first-order valence-corrected chi connectivity index (χ1v) is 6.75. The first kappa shape index (κ1) is 12.1. The van der Waals surface area contributed by atoms with Crippen LogP contribution in [0.15, 0.2) is 60.8 Å². The van der Waals surface area contributed by atoms with E-state index in [1.165, 1.54) is 5.39 Å². The summed E-state index contributed by atoms with van der Waals surface area (Å²) in [6, 6.07) is 18.3. The molecule has 0 unspecified atom stereocenters. The number of para-hydroxylation sites is 2. The van der Waals surface area contributed by atoms with Gasteiger partial charge in [-0.05, 0) is 24.3 Å². The van der Waals surface area contributed by atoms with Crippen molar-refractivity contribution in [2.75, 3.05) is 11.9 Å². The van der Waals surface area contributed by atoms with Gasteiger partial charge in [-0.2, -0.15) is 0 Å². The predicted molar refractivity (Wildman–Crippen MR) is 81.9 cm³/mol. The lowest BCUT2D eigenvalue weighted by molar-refractivity contribution is 0.757. The van der Waals surface area contributed by atoms with Crippen molar-refractivity contribution in [3.8, 4) is 0 Å². The molecule has 0 aliphatic heterocycles. The fourth-order valence-corrected chi connectivity index (χ4v) is 2.57. The Morgan fingerprint density at radius 2 is 1.79 bits per heavy atom. The maximum absolute atomic E-state index is 6.26. The maximum atomic E-state index is 6.26. The van der Waals surface area contributed by atoms with Gasteiger partial charge in [0.2, 0.25) is 0 Å². The topological polar surface area (TPSA) is 17.0 Å². The second-order valence-corrected chi connectivity index (χ2v) is 4.89. The highest BCUT2D eigenvalue weighted by atomic mass is 35.5. The molecule has 0 aliphatic rings. The van der Waals surface area contributed by atoms with Gasteiger partial charge >= 0.3 is 0 Å². The lowest BCUT2D eigenvalue weighted by Crippen LogP contribution is -2.09. The Morgan fingerprint density at radius 1 is 0.947 bits per heavy atom. The normalized spacial score (nSPS) is 10.8. The fourth-order valence-electron chi connectivity index (χ4n) is 2.28. The third-order valence-corrected chi connectivity index (χ3v) is 3.50. The summed E-state index contributed by atoms with van der Waals surface area (Å²) in [4.78, 5) is 0. The van der Waals surface area contributed by atoms with Crippen LogP contribution in [-0.4, -0.2) is 11.1 Å². The van der Waals surface area contributed by atoms with Crippen LogP contribution in [0.25, 0.3) is 10.9 Å². The zero-order valence-electron chi connectivity index (χ0n) is 10.5. The molecule has 0 atom stereocenters. The summed E-state index contributed by atoms with van der Waals surface area (Å²) in [5, 5.41) is 5.40. The van der Waals surface area contributed by atoms with E-state index in [4.69, 9.17) is 11.6 Å². The minimum atomic E-state index is 0.808. The van der Waals surface area contributed by atoms with Crippen LogP contribution in [0.1, 0.15) is 0 Å². The number of hydrogen-bond donors (Lipinski definition) is 1. The highest BCUT2D eigenvalue weighted by molar-refractivity contribution is 6.35. The molecule has 1 heterocycles. The number of fused-ring (bicyclic) bond motifs is 1. The molecule has 0 saturated carbocycles. The van der Waals surface area contributed by atoms with Crippen LogP contribution in [0.5, 0.6) is 0 Å². The number of rotatable bonds is 4. The van der Waals surface area contributed by atoms with Crippen molar-refractivity contribution in [2.45, 2.75) is 6.54 Å². The van der Waals surface area contributed by atoms with Gasteiger partial charge in [-0.25, -0.2) is 0 Å². The molecular formula is C16H15ClN2. The number of nitrogens with zero attached hydrogens (tertiary/aromatic N) is 1. The molecule has 1 aromatic heterocycles. The van der Waals surface area contributed by atoms with Crippen LogP contribution >= 0.6 is 11.6 Å². The molecule has 0 fully saturated rings. The SMILES string of the molecule is Clc1cccc2ccn(CCNc3ccccc3)c12. The molecule has 1 N–H and O–H groups in total. The average molecular weight is 271 g/mol. The summed E-state index contributed by atoms with van der Waals surface area (Å²) in [5.74, 6) is 0. The van der Waals surface area contributed by atoms with E-state index in [1.54, 1.807) is 0 Å². The Balaban J connectivity index is 1.72. The first-order chi connectivity index (χ1) is 9.34. The van der Waals surface area contributed by atoms with Crippen molar-refractivity contribution in [2.24, 2.45) is 0 Å². The van der Waals surface area contributed by atoms with Crippen LogP contribution in [0.2, 0.25) is 5.02 Å². The summed E-state index contributed by atoms with van der Waals surface area (Å²) in [7, 11) is 0. The maximum Gasteiger partial charge on any atom is 0.0670 e. The molecule has 0 saturated heterocycles. The highest BCUT2D eigenvalue weighted by Gasteiger charge is 2.04. The highest BCUT2D eigenvalue weighted by Crippen LogP contribution is 2.24. The number of nitrogens with one attached hydrogen (secondary N) is 1. The Morgan fingerprint density at radius 3 is 2.63 bits per heavy atom. The van der Waals surface area contributed by atoms with E-state index in [-0.39, 0.29) is 0 Å². The number of benzene rings is 2. The summed E-state index contributed by atoms with van der Waals surface area (Å²) in [6.07, 6.45) is 2.09. The average Bonchev–Trinajstić information content (AvgIpc) is 2.85. The molecule has 3 heteroatoms. The van der Waals surface area contributed by atoms with Crippen molar-refractivity contribution in [1.29, 1.82) is 0 Å². The number of aromatic nitrogens is 1. The number of halogens is 1. The van der Waals surface area contributed by atoms with E-state index in [9.17, 15) is 0 Å². The zero-order valence-corrected chi connectivity index (χ0v) is 11.3. The molecule has 3 aromatic rings. The predicted octanol–water partition coefficient (Wildman–Crippen LogP) is 4.41. The van der Waals surface area contributed by atoms with Crippen molar-refractivity contribution >= 4 is 28.2 Å². The molecule has 2 aromatic carbocycles. The number of hydrogen-bond acceptors (Lipinski definition) is 1. The van der Waals surface area contributed by atoms with Crippen molar-refractivity contribution in [1.82, 2.24) is 4.57 Å². The minimum absolute atomic E-state index is 0.808. The molecule has 0 amide bonds. The lowest BCUT2D eigenvalue weighted by Gasteiger charge is -2.09. The van der Waals surface area contributed by atoms with Gasteiger partial charge in [0, 0.05) is 30.4 Å². The van der Waals surface area contributed by atoms with Crippen molar-refractivity contribution < 1.29 is 0 Å². The van der Waals surface area contributed by atoms with Crippen molar-refractivity contribution in [3.05, 3.63) is 65.8 Å². The van der Waals surface area contributed by atoms with Crippen LogP contribution in [0.3, 0.4) is 0 Å². The standard InChI is InChI=1S/C16H15ClN2/c17-15-8-4-5-13-9-11-19(16(13)15)12-10-18-14-6-2-1-3-7-14/h1-9,11,18H,10,12H2. The van der Waals surface area contributed by atoms with E-state index in [1.807, 2.05) is 30.3 Å². The Bertz CT molecular complexity index is 674. The van der Waals surface area contributed by atoms with Gasteiger partial charge in [-0.15, -0.1) is 0 Å². The lowest BCUT2D eigenvalue weighted by atomic mass is 10.2. The Labute approximate surface area is 117 Å². The van der Waals surface area contributed by atoms with Gasteiger partial charge in [0.05, 0.1) is 10.5 Å². The monoisotopic (exact) mass is 270 g/mol. The largest absolute Gasteiger partial charge is 0.383 e. The molecule has 96 valence electrons. The second kappa shape index (κ2) is 5.37. The fraction of sp³-hybridized carbons (Fsp3) is 0.125. The third kappa shape index (κ3) is 2.59.